The maximum Gasteiger partial charge on any atom is 0.253 e. The van der Waals surface area contributed by atoms with Gasteiger partial charge in [-0.05, 0) is 64.0 Å². The Labute approximate surface area is 157 Å². The third kappa shape index (κ3) is 4.94. The number of hydrogen-bond donors (Lipinski definition) is 1. The van der Waals surface area contributed by atoms with Crippen molar-refractivity contribution in [2.75, 3.05) is 33.2 Å². The highest BCUT2D eigenvalue weighted by molar-refractivity contribution is 7.89. The largest absolute Gasteiger partial charge is 0.339 e. The lowest BCUT2D eigenvalue weighted by Crippen LogP contribution is -2.43. The predicted octanol–water partition coefficient (Wildman–Crippen LogP) is 1.96. The highest BCUT2D eigenvalue weighted by atomic mass is 35.5. The zero-order chi connectivity index (χ0) is 17.7. The van der Waals surface area contributed by atoms with Crippen molar-refractivity contribution in [1.82, 2.24) is 14.5 Å². The van der Waals surface area contributed by atoms with Crippen molar-refractivity contribution in [2.45, 2.75) is 37.6 Å². The molecule has 0 spiro atoms. The molecule has 0 unspecified atom stereocenters. The van der Waals surface area contributed by atoms with Gasteiger partial charge in [-0.1, -0.05) is 0 Å². The molecule has 1 saturated heterocycles. The summed E-state index contributed by atoms with van der Waals surface area (Å²) in [6, 6.07) is 6.29. The fourth-order valence-corrected chi connectivity index (χ4v) is 4.41. The lowest BCUT2D eigenvalue weighted by atomic mass is 10.1. The molecule has 0 atom stereocenters. The van der Waals surface area contributed by atoms with Crippen LogP contribution in [0.5, 0.6) is 0 Å². The van der Waals surface area contributed by atoms with Crippen LogP contribution < -0.4 is 5.32 Å². The first-order valence-electron chi connectivity index (χ1n) is 8.49. The molecule has 25 heavy (non-hydrogen) atoms. The standard InChI is InChI=1S/C17H27N3O3S.ClH/c1-4-20(5-2)17(21)14-6-8-16(9-7-14)24(22,23)19(3)15-10-12-18-13-11-15;/h6-9,15,18H,4-5,10-13H2,1-3H3;1H. The Morgan fingerprint density at radius 1 is 1.12 bits per heavy atom. The van der Waals surface area contributed by atoms with Crippen LogP contribution in [0.15, 0.2) is 29.2 Å². The summed E-state index contributed by atoms with van der Waals surface area (Å²) in [4.78, 5) is 14.3. The Bertz CT molecular complexity index is 654. The molecule has 1 heterocycles. The van der Waals surface area contributed by atoms with Gasteiger partial charge in [0.25, 0.3) is 5.91 Å². The minimum absolute atomic E-state index is 0. The highest BCUT2D eigenvalue weighted by Crippen LogP contribution is 2.21. The van der Waals surface area contributed by atoms with Gasteiger partial charge in [0.15, 0.2) is 0 Å². The van der Waals surface area contributed by atoms with Crippen molar-refractivity contribution in [2.24, 2.45) is 0 Å². The van der Waals surface area contributed by atoms with E-state index in [0.29, 0.717) is 18.7 Å². The number of piperidine rings is 1. The van der Waals surface area contributed by atoms with Gasteiger partial charge in [-0.25, -0.2) is 8.42 Å². The van der Waals surface area contributed by atoms with E-state index in [1.807, 2.05) is 13.8 Å². The van der Waals surface area contributed by atoms with Crippen molar-refractivity contribution in [3.8, 4) is 0 Å². The van der Waals surface area contributed by atoms with E-state index in [1.54, 1.807) is 24.1 Å². The topological polar surface area (TPSA) is 69.7 Å². The van der Waals surface area contributed by atoms with Crippen molar-refractivity contribution in [3.05, 3.63) is 29.8 Å². The summed E-state index contributed by atoms with van der Waals surface area (Å²) in [5.41, 5.74) is 0.516. The number of sulfonamides is 1. The van der Waals surface area contributed by atoms with E-state index in [2.05, 4.69) is 5.32 Å². The van der Waals surface area contributed by atoms with E-state index in [0.717, 1.165) is 25.9 Å². The summed E-state index contributed by atoms with van der Waals surface area (Å²) in [6.45, 7) is 6.79. The molecule has 1 amide bonds. The van der Waals surface area contributed by atoms with Crippen molar-refractivity contribution in [1.29, 1.82) is 0 Å². The molecule has 0 aromatic heterocycles. The SMILES string of the molecule is CCN(CC)C(=O)c1ccc(S(=O)(=O)N(C)C2CCNCC2)cc1.Cl. The predicted molar refractivity (Wildman–Crippen MR) is 102 cm³/mol. The normalized spacial score (nSPS) is 15.7. The van der Waals surface area contributed by atoms with E-state index < -0.39 is 10.0 Å². The minimum atomic E-state index is -3.53. The zero-order valence-electron chi connectivity index (χ0n) is 15.1. The molecule has 1 N–H and O–H groups in total. The second-order valence-corrected chi connectivity index (χ2v) is 8.00. The molecule has 1 fully saturated rings. The first-order chi connectivity index (χ1) is 11.4. The van der Waals surface area contributed by atoms with Gasteiger partial charge in [0.2, 0.25) is 10.0 Å². The van der Waals surface area contributed by atoms with Crippen LogP contribution in [-0.2, 0) is 10.0 Å². The van der Waals surface area contributed by atoms with Gasteiger partial charge >= 0.3 is 0 Å². The third-order valence-electron chi connectivity index (χ3n) is 4.65. The maximum absolute atomic E-state index is 12.8. The van der Waals surface area contributed by atoms with Gasteiger partial charge in [0, 0.05) is 31.7 Å². The Morgan fingerprint density at radius 3 is 2.12 bits per heavy atom. The lowest BCUT2D eigenvalue weighted by molar-refractivity contribution is 0.0773. The lowest BCUT2D eigenvalue weighted by Gasteiger charge is -2.30. The number of amides is 1. The number of nitrogens with one attached hydrogen (secondary N) is 1. The van der Waals surface area contributed by atoms with Crippen LogP contribution in [0.2, 0.25) is 0 Å². The maximum atomic E-state index is 12.8. The molecule has 8 heteroatoms. The minimum Gasteiger partial charge on any atom is -0.339 e. The zero-order valence-corrected chi connectivity index (χ0v) is 16.7. The Kier molecular flexibility index (Phi) is 8.34. The van der Waals surface area contributed by atoms with Crippen LogP contribution in [0.25, 0.3) is 0 Å². The Balaban J connectivity index is 0.00000312. The smallest absolute Gasteiger partial charge is 0.253 e. The summed E-state index contributed by atoms with van der Waals surface area (Å²) in [6.07, 6.45) is 1.63. The summed E-state index contributed by atoms with van der Waals surface area (Å²) in [7, 11) is -1.89. The molecule has 1 aliphatic heterocycles. The number of rotatable bonds is 6. The summed E-state index contributed by atoms with van der Waals surface area (Å²) < 4.78 is 27.0. The van der Waals surface area contributed by atoms with Gasteiger partial charge in [-0.2, -0.15) is 4.31 Å². The first kappa shape index (κ1) is 21.9. The van der Waals surface area contributed by atoms with Crippen molar-refractivity contribution in [3.63, 3.8) is 0 Å². The van der Waals surface area contributed by atoms with Crippen LogP contribution in [0.3, 0.4) is 0 Å². The van der Waals surface area contributed by atoms with Gasteiger partial charge in [0.05, 0.1) is 4.90 Å². The number of hydrogen-bond acceptors (Lipinski definition) is 4. The summed E-state index contributed by atoms with van der Waals surface area (Å²) in [5.74, 6) is -0.0735. The molecule has 0 radical (unpaired) electrons. The average molecular weight is 390 g/mol. The fraction of sp³-hybridized carbons (Fsp3) is 0.588. The van der Waals surface area contributed by atoms with Crippen LogP contribution in [0, 0.1) is 0 Å². The monoisotopic (exact) mass is 389 g/mol. The molecule has 1 aromatic rings. The Hall–Kier alpha value is -1.15. The first-order valence-corrected chi connectivity index (χ1v) is 9.93. The van der Waals surface area contributed by atoms with Crippen molar-refractivity contribution >= 4 is 28.3 Å². The molecule has 0 saturated carbocycles. The van der Waals surface area contributed by atoms with Crippen molar-refractivity contribution < 1.29 is 13.2 Å². The van der Waals surface area contributed by atoms with Gasteiger partial charge in [-0.15, -0.1) is 12.4 Å². The molecule has 6 nitrogen and oxygen atoms in total. The second-order valence-electron chi connectivity index (χ2n) is 6.00. The van der Waals surface area contributed by atoms with Gasteiger partial charge in [-0.3, -0.25) is 4.79 Å². The van der Waals surface area contributed by atoms with Crippen LogP contribution >= 0.6 is 12.4 Å². The number of halogens is 1. The molecular weight excluding hydrogens is 362 g/mol. The van der Waals surface area contributed by atoms with E-state index in [1.165, 1.54) is 16.4 Å². The van der Waals surface area contributed by atoms with E-state index in [9.17, 15) is 13.2 Å². The summed E-state index contributed by atoms with van der Waals surface area (Å²) >= 11 is 0. The molecule has 142 valence electrons. The van der Waals surface area contributed by atoms with E-state index in [-0.39, 0.29) is 29.3 Å². The number of carbonyl (C=O) groups is 1. The molecule has 0 aliphatic carbocycles. The van der Waals surface area contributed by atoms with E-state index >= 15 is 0 Å². The number of nitrogens with zero attached hydrogens (tertiary/aromatic N) is 2. The molecule has 2 rings (SSSR count). The van der Waals surface area contributed by atoms with E-state index in [4.69, 9.17) is 0 Å². The number of carbonyl (C=O) groups excluding carboxylic acids is 1. The molecule has 0 bridgehead atoms. The Morgan fingerprint density at radius 2 is 1.64 bits per heavy atom. The van der Waals surface area contributed by atoms with Gasteiger partial charge in [0.1, 0.15) is 0 Å². The summed E-state index contributed by atoms with van der Waals surface area (Å²) in [5, 5.41) is 3.24. The van der Waals surface area contributed by atoms with Crippen LogP contribution in [0.4, 0.5) is 0 Å². The van der Waals surface area contributed by atoms with Gasteiger partial charge < -0.3 is 10.2 Å². The molecule has 1 aromatic carbocycles. The van der Waals surface area contributed by atoms with Crippen LogP contribution in [0.1, 0.15) is 37.0 Å². The average Bonchev–Trinajstić information content (AvgIpc) is 2.62. The second kappa shape index (κ2) is 9.52. The number of benzene rings is 1. The quantitative estimate of drug-likeness (QED) is 0.807. The van der Waals surface area contributed by atoms with Crippen LogP contribution in [-0.4, -0.2) is 62.8 Å². The molecule has 1 aliphatic rings. The molecular formula is C17H28ClN3O3S. The highest BCUT2D eigenvalue weighted by Gasteiger charge is 2.29. The fourth-order valence-electron chi connectivity index (χ4n) is 3.00. The third-order valence-corrected chi connectivity index (χ3v) is 6.58.